The molecule has 0 aliphatic heterocycles. The van der Waals surface area contributed by atoms with Gasteiger partial charge < -0.3 is 10.1 Å². The minimum atomic E-state index is 0.292. The Morgan fingerprint density at radius 3 is 2.83 bits per heavy atom. The maximum Gasteiger partial charge on any atom is 0.145 e. The minimum absolute atomic E-state index is 0.292. The van der Waals surface area contributed by atoms with E-state index in [9.17, 15) is 0 Å². The highest BCUT2D eigenvalue weighted by molar-refractivity contribution is 6.32. The first-order valence-electron chi connectivity index (χ1n) is 5.54. The number of halogens is 1. The number of nitrogens with one attached hydrogen (secondary N) is 1. The Morgan fingerprint density at radius 1 is 1.39 bits per heavy atom. The molecule has 18 heavy (non-hydrogen) atoms. The Kier molecular flexibility index (Phi) is 4.17. The third-order valence-electron chi connectivity index (χ3n) is 2.49. The van der Waals surface area contributed by atoms with Crippen LogP contribution in [0.25, 0.3) is 0 Å². The second kappa shape index (κ2) is 5.84. The summed E-state index contributed by atoms with van der Waals surface area (Å²) in [5.74, 6) is 0.624. The molecule has 0 saturated heterocycles. The Labute approximate surface area is 110 Å². The monoisotopic (exact) mass is 267 g/mol. The fourth-order valence-electron chi connectivity index (χ4n) is 1.50. The molecule has 0 unspecified atom stereocenters. The van der Waals surface area contributed by atoms with E-state index in [0.29, 0.717) is 23.1 Å². The average molecular weight is 268 g/mol. The molecule has 0 spiro atoms. The van der Waals surface area contributed by atoms with Crippen molar-refractivity contribution in [2.45, 2.75) is 20.1 Å². The Hall–Kier alpha value is -1.59. The van der Waals surface area contributed by atoms with Gasteiger partial charge in [0, 0.05) is 6.54 Å². The van der Waals surface area contributed by atoms with Crippen molar-refractivity contribution >= 4 is 11.6 Å². The van der Waals surface area contributed by atoms with Gasteiger partial charge in [0.2, 0.25) is 0 Å². The van der Waals surface area contributed by atoms with Crippen LogP contribution in [-0.2, 0) is 13.2 Å². The van der Waals surface area contributed by atoms with Crippen LogP contribution in [0.1, 0.15) is 17.0 Å². The molecule has 1 N–H and O–H groups in total. The number of hydrogen-bond donors (Lipinski definition) is 1. The van der Waals surface area contributed by atoms with Crippen molar-refractivity contribution < 1.29 is 9.37 Å². The van der Waals surface area contributed by atoms with E-state index in [1.165, 1.54) is 0 Å². The smallest absolute Gasteiger partial charge is 0.145 e. The van der Waals surface area contributed by atoms with E-state index in [1.54, 1.807) is 0 Å². The van der Waals surface area contributed by atoms with Crippen molar-refractivity contribution in [1.82, 2.24) is 15.6 Å². The molecule has 0 fully saturated rings. The van der Waals surface area contributed by atoms with Crippen molar-refractivity contribution in [3.8, 4) is 5.75 Å². The Morgan fingerprint density at radius 2 is 2.22 bits per heavy atom. The molecule has 0 bridgehead atoms. The van der Waals surface area contributed by atoms with E-state index in [-0.39, 0.29) is 0 Å². The molecule has 0 aliphatic carbocycles. The number of aromatic nitrogens is 2. The van der Waals surface area contributed by atoms with Crippen LogP contribution in [-0.4, -0.2) is 17.4 Å². The highest BCUT2D eigenvalue weighted by Crippen LogP contribution is 2.26. The predicted molar refractivity (Wildman–Crippen MR) is 67.6 cm³/mol. The van der Waals surface area contributed by atoms with E-state index in [4.69, 9.17) is 16.3 Å². The van der Waals surface area contributed by atoms with Gasteiger partial charge in [-0.3, -0.25) is 0 Å². The van der Waals surface area contributed by atoms with Crippen LogP contribution >= 0.6 is 11.6 Å². The maximum atomic E-state index is 6.13. The number of rotatable bonds is 5. The molecule has 1 aromatic carbocycles. The zero-order chi connectivity index (χ0) is 13.0. The molecule has 0 amide bonds. The fraction of sp³-hybridized carbons (Fsp3) is 0.333. The number of benzene rings is 1. The lowest BCUT2D eigenvalue weighted by Gasteiger charge is -2.08. The highest BCUT2D eigenvalue weighted by atomic mass is 35.5. The summed E-state index contributed by atoms with van der Waals surface area (Å²) in [7, 11) is 1.89. The standard InChI is InChI=1S/C12H14ClN3O2/c1-8-11(16-18-15-8)7-17-12-4-3-9(6-14-2)5-10(12)13/h3-5,14H,6-7H2,1-2H3. The van der Waals surface area contributed by atoms with E-state index in [1.807, 2.05) is 32.2 Å². The third kappa shape index (κ3) is 3.00. The number of nitrogens with zero attached hydrogens (tertiary/aromatic N) is 2. The van der Waals surface area contributed by atoms with Gasteiger partial charge in [0.05, 0.1) is 5.02 Å². The van der Waals surface area contributed by atoms with E-state index < -0.39 is 0 Å². The molecular weight excluding hydrogens is 254 g/mol. The molecule has 2 aromatic rings. The van der Waals surface area contributed by atoms with Crippen LogP contribution in [0.5, 0.6) is 5.75 Å². The molecular formula is C12H14ClN3O2. The SMILES string of the molecule is CNCc1ccc(OCc2nonc2C)c(Cl)c1. The highest BCUT2D eigenvalue weighted by Gasteiger charge is 2.08. The van der Waals surface area contributed by atoms with Crippen LogP contribution in [0.4, 0.5) is 0 Å². The summed E-state index contributed by atoms with van der Waals surface area (Å²) in [5, 5.41) is 11.1. The zero-order valence-electron chi connectivity index (χ0n) is 10.2. The molecule has 0 atom stereocenters. The van der Waals surface area contributed by atoms with Gasteiger partial charge in [-0.1, -0.05) is 28.0 Å². The summed E-state index contributed by atoms with van der Waals surface area (Å²) < 4.78 is 10.2. The van der Waals surface area contributed by atoms with Crippen LogP contribution in [0.2, 0.25) is 5.02 Å². The zero-order valence-corrected chi connectivity index (χ0v) is 11.0. The van der Waals surface area contributed by atoms with E-state index >= 15 is 0 Å². The van der Waals surface area contributed by atoms with Gasteiger partial charge in [-0.25, -0.2) is 4.63 Å². The van der Waals surface area contributed by atoms with Gasteiger partial charge in [-0.05, 0) is 31.7 Å². The molecule has 5 nitrogen and oxygen atoms in total. The van der Waals surface area contributed by atoms with E-state index in [2.05, 4.69) is 20.3 Å². The summed E-state index contributed by atoms with van der Waals surface area (Å²) in [4.78, 5) is 0. The number of aryl methyl sites for hydroxylation is 1. The quantitative estimate of drug-likeness (QED) is 0.901. The van der Waals surface area contributed by atoms with Crippen LogP contribution in [0, 0.1) is 6.92 Å². The molecule has 0 aliphatic rings. The Bertz CT molecular complexity index is 528. The van der Waals surface area contributed by atoms with Gasteiger partial charge in [-0.2, -0.15) is 0 Å². The van der Waals surface area contributed by atoms with Crippen LogP contribution in [0.3, 0.4) is 0 Å². The molecule has 0 saturated carbocycles. The van der Waals surface area contributed by atoms with Crippen molar-refractivity contribution in [3.63, 3.8) is 0 Å². The lowest BCUT2D eigenvalue weighted by Crippen LogP contribution is -2.05. The van der Waals surface area contributed by atoms with Crippen molar-refractivity contribution in [2.24, 2.45) is 0 Å². The van der Waals surface area contributed by atoms with Gasteiger partial charge in [0.1, 0.15) is 23.7 Å². The molecule has 0 radical (unpaired) electrons. The average Bonchev–Trinajstić information content (AvgIpc) is 2.74. The normalized spacial score (nSPS) is 10.6. The minimum Gasteiger partial charge on any atom is -0.486 e. The van der Waals surface area contributed by atoms with Gasteiger partial charge in [0.15, 0.2) is 0 Å². The topological polar surface area (TPSA) is 60.2 Å². The van der Waals surface area contributed by atoms with Gasteiger partial charge in [-0.15, -0.1) is 0 Å². The Balaban J connectivity index is 2.03. The summed E-state index contributed by atoms with van der Waals surface area (Å²) in [6.45, 7) is 2.87. The van der Waals surface area contributed by atoms with Crippen molar-refractivity contribution in [3.05, 3.63) is 40.2 Å². The van der Waals surface area contributed by atoms with Gasteiger partial charge >= 0.3 is 0 Å². The van der Waals surface area contributed by atoms with Crippen LogP contribution < -0.4 is 10.1 Å². The summed E-state index contributed by atoms with van der Waals surface area (Å²) in [6.07, 6.45) is 0. The lowest BCUT2D eigenvalue weighted by molar-refractivity contribution is 0.270. The first-order chi connectivity index (χ1) is 8.70. The molecule has 96 valence electrons. The summed E-state index contributed by atoms with van der Waals surface area (Å²) in [5.41, 5.74) is 2.50. The summed E-state index contributed by atoms with van der Waals surface area (Å²) >= 11 is 6.13. The molecule has 2 rings (SSSR count). The van der Waals surface area contributed by atoms with Gasteiger partial charge in [0.25, 0.3) is 0 Å². The lowest BCUT2D eigenvalue weighted by atomic mass is 10.2. The van der Waals surface area contributed by atoms with E-state index in [0.717, 1.165) is 17.8 Å². The number of hydrogen-bond acceptors (Lipinski definition) is 5. The molecule has 1 heterocycles. The largest absolute Gasteiger partial charge is 0.486 e. The van der Waals surface area contributed by atoms with Crippen molar-refractivity contribution in [1.29, 1.82) is 0 Å². The molecule has 6 heteroatoms. The van der Waals surface area contributed by atoms with Crippen LogP contribution in [0.15, 0.2) is 22.8 Å². The maximum absolute atomic E-state index is 6.13. The predicted octanol–water partition coefficient (Wildman–Crippen LogP) is 2.33. The summed E-state index contributed by atoms with van der Waals surface area (Å²) in [6, 6.07) is 5.69. The fourth-order valence-corrected chi connectivity index (χ4v) is 1.76. The first-order valence-corrected chi connectivity index (χ1v) is 5.92. The van der Waals surface area contributed by atoms with Crippen molar-refractivity contribution in [2.75, 3.05) is 7.05 Å². The second-order valence-corrected chi connectivity index (χ2v) is 4.29. The third-order valence-corrected chi connectivity index (χ3v) is 2.78. The molecule has 1 aromatic heterocycles. The first kappa shape index (κ1) is 12.9. The number of ether oxygens (including phenoxy) is 1. The second-order valence-electron chi connectivity index (χ2n) is 3.88.